The predicted molar refractivity (Wildman–Crippen MR) is 114 cm³/mol. The van der Waals surface area contributed by atoms with Crippen LogP contribution in [-0.4, -0.2) is 41.2 Å². The van der Waals surface area contributed by atoms with Crippen LogP contribution in [0.15, 0.2) is 42.5 Å². The van der Waals surface area contributed by atoms with Crippen molar-refractivity contribution in [1.82, 2.24) is 15.3 Å². The van der Waals surface area contributed by atoms with E-state index in [1.807, 2.05) is 24.3 Å². The van der Waals surface area contributed by atoms with Gasteiger partial charge in [0.2, 0.25) is 0 Å². The average Bonchev–Trinajstić information content (AvgIpc) is 2.61. The summed E-state index contributed by atoms with van der Waals surface area (Å²) in [5.74, 6) is 0. The predicted octanol–water partition coefficient (Wildman–Crippen LogP) is 3.98. The van der Waals surface area contributed by atoms with Crippen molar-refractivity contribution in [3.8, 4) is 0 Å². The Morgan fingerprint density at radius 3 is 2.38 bits per heavy atom. The maximum absolute atomic E-state index is 5.90. The summed E-state index contributed by atoms with van der Waals surface area (Å²) >= 11 is 11.3. The van der Waals surface area contributed by atoms with Crippen LogP contribution in [0.2, 0.25) is 5.02 Å². The van der Waals surface area contributed by atoms with Gasteiger partial charge in [-0.1, -0.05) is 35.4 Å². The summed E-state index contributed by atoms with van der Waals surface area (Å²) in [5.41, 5.74) is 8.32. The molecule has 0 saturated carbocycles. The Morgan fingerprint density at radius 2 is 1.73 bits per heavy atom. The van der Waals surface area contributed by atoms with E-state index in [4.69, 9.17) is 23.8 Å². The lowest BCUT2D eigenvalue weighted by Crippen LogP contribution is -2.54. The molecule has 1 aliphatic heterocycles. The number of anilines is 1. The summed E-state index contributed by atoms with van der Waals surface area (Å²) in [4.78, 5) is 2.49. The highest BCUT2D eigenvalue weighted by atomic mass is 35.5. The minimum absolute atomic E-state index is 0.607. The van der Waals surface area contributed by atoms with Crippen LogP contribution in [0.5, 0.6) is 0 Å². The lowest BCUT2D eigenvalue weighted by atomic mass is 10.1. The molecule has 0 amide bonds. The van der Waals surface area contributed by atoms with Gasteiger partial charge in [-0.05, 0) is 61.5 Å². The van der Waals surface area contributed by atoms with E-state index in [2.05, 4.69) is 52.7 Å². The fourth-order valence-electron chi connectivity index (χ4n) is 3.12. The van der Waals surface area contributed by atoms with Crippen LogP contribution in [0.1, 0.15) is 16.7 Å². The van der Waals surface area contributed by atoms with Crippen molar-refractivity contribution in [2.75, 3.05) is 31.5 Å². The number of hydrogen-bond donors (Lipinski definition) is 2. The number of hydrogen-bond acceptors (Lipinski definition) is 3. The van der Waals surface area contributed by atoms with Gasteiger partial charge in [-0.2, -0.15) is 0 Å². The maximum atomic E-state index is 5.90. The second-order valence-electron chi connectivity index (χ2n) is 6.77. The van der Waals surface area contributed by atoms with Crippen molar-refractivity contribution in [3.05, 3.63) is 64.2 Å². The molecule has 4 nitrogen and oxygen atoms in total. The van der Waals surface area contributed by atoms with Crippen molar-refractivity contribution in [2.45, 2.75) is 20.4 Å². The van der Waals surface area contributed by atoms with E-state index in [0.717, 1.165) is 43.4 Å². The Hall–Kier alpha value is -1.66. The van der Waals surface area contributed by atoms with Crippen molar-refractivity contribution in [3.63, 3.8) is 0 Å². The largest absolute Gasteiger partial charge is 0.332 e. The van der Waals surface area contributed by atoms with E-state index in [0.29, 0.717) is 5.11 Å². The third-order valence-corrected chi connectivity index (χ3v) is 5.07. The number of nitrogens with zero attached hydrogens (tertiary/aromatic N) is 2. The first-order valence-electron chi connectivity index (χ1n) is 8.86. The number of hydrazine groups is 1. The fraction of sp³-hybridized carbons (Fsp3) is 0.350. The van der Waals surface area contributed by atoms with Crippen LogP contribution < -0.4 is 10.7 Å². The van der Waals surface area contributed by atoms with Gasteiger partial charge in [0, 0.05) is 43.4 Å². The third kappa shape index (κ3) is 5.42. The molecule has 0 aromatic heterocycles. The molecule has 1 saturated heterocycles. The number of nitrogens with one attached hydrogen (secondary N) is 2. The van der Waals surface area contributed by atoms with Crippen LogP contribution in [0.4, 0.5) is 5.69 Å². The van der Waals surface area contributed by atoms with Gasteiger partial charge in [0.05, 0.1) is 0 Å². The minimum atomic E-state index is 0.607. The van der Waals surface area contributed by atoms with Gasteiger partial charge in [0.15, 0.2) is 5.11 Å². The second kappa shape index (κ2) is 8.82. The number of aryl methyl sites for hydroxylation is 2. The van der Waals surface area contributed by atoms with Crippen molar-refractivity contribution in [1.29, 1.82) is 0 Å². The first-order valence-corrected chi connectivity index (χ1v) is 9.65. The average molecular weight is 389 g/mol. The van der Waals surface area contributed by atoms with Gasteiger partial charge in [-0.15, -0.1) is 0 Å². The molecule has 3 rings (SSSR count). The zero-order valence-corrected chi connectivity index (χ0v) is 16.8. The van der Waals surface area contributed by atoms with Crippen LogP contribution >= 0.6 is 23.8 Å². The minimum Gasteiger partial charge on any atom is -0.332 e. The monoisotopic (exact) mass is 388 g/mol. The summed E-state index contributed by atoms with van der Waals surface area (Å²) in [6.07, 6.45) is 0. The highest BCUT2D eigenvalue weighted by Crippen LogP contribution is 2.15. The zero-order chi connectivity index (χ0) is 18.5. The van der Waals surface area contributed by atoms with E-state index >= 15 is 0 Å². The van der Waals surface area contributed by atoms with E-state index < -0.39 is 0 Å². The second-order valence-corrected chi connectivity index (χ2v) is 7.61. The normalized spacial score (nSPS) is 15.7. The molecule has 0 spiro atoms. The first kappa shape index (κ1) is 19.1. The lowest BCUT2D eigenvalue weighted by molar-refractivity contribution is 0.108. The van der Waals surface area contributed by atoms with Gasteiger partial charge in [0.25, 0.3) is 0 Å². The van der Waals surface area contributed by atoms with Crippen molar-refractivity contribution >= 4 is 34.6 Å². The third-order valence-electron chi connectivity index (χ3n) is 4.63. The Bertz CT molecular complexity index is 755. The van der Waals surface area contributed by atoms with Crippen LogP contribution in [0.25, 0.3) is 0 Å². The highest BCUT2D eigenvalue weighted by Gasteiger charge is 2.18. The topological polar surface area (TPSA) is 30.5 Å². The molecular formula is C20H25ClN4S. The maximum Gasteiger partial charge on any atom is 0.185 e. The molecule has 0 aliphatic carbocycles. The van der Waals surface area contributed by atoms with Gasteiger partial charge in [0.1, 0.15) is 0 Å². The number of benzene rings is 2. The molecule has 1 heterocycles. The number of piperazine rings is 1. The molecule has 0 bridgehead atoms. The summed E-state index contributed by atoms with van der Waals surface area (Å²) < 4.78 is 0. The summed E-state index contributed by atoms with van der Waals surface area (Å²) in [7, 11) is 0. The van der Waals surface area contributed by atoms with E-state index in [1.165, 1.54) is 16.7 Å². The Morgan fingerprint density at radius 1 is 1.04 bits per heavy atom. The van der Waals surface area contributed by atoms with Gasteiger partial charge in [-0.3, -0.25) is 10.3 Å². The van der Waals surface area contributed by atoms with Crippen LogP contribution in [0.3, 0.4) is 0 Å². The smallest absolute Gasteiger partial charge is 0.185 e. The highest BCUT2D eigenvalue weighted by molar-refractivity contribution is 7.80. The molecular weight excluding hydrogens is 364 g/mol. The number of halogens is 1. The van der Waals surface area contributed by atoms with Crippen molar-refractivity contribution < 1.29 is 0 Å². The van der Waals surface area contributed by atoms with Crippen LogP contribution in [0, 0.1) is 13.8 Å². The van der Waals surface area contributed by atoms with E-state index in [9.17, 15) is 0 Å². The summed E-state index contributed by atoms with van der Waals surface area (Å²) in [6.45, 7) is 9.26. The Labute approximate surface area is 166 Å². The fourth-order valence-corrected chi connectivity index (χ4v) is 3.49. The van der Waals surface area contributed by atoms with Gasteiger partial charge in [-0.25, -0.2) is 5.01 Å². The molecule has 1 aliphatic rings. The van der Waals surface area contributed by atoms with E-state index in [-0.39, 0.29) is 0 Å². The molecule has 1 fully saturated rings. The number of rotatable bonds is 4. The molecule has 6 heteroatoms. The number of thiocarbonyl (C=S) groups is 1. The quantitative estimate of drug-likeness (QED) is 0.774. The summed E-state index contributed by atoms with van der Waals surface area (Å²) in [5, 5.41) is 6.68. The molecule has 138 valence electrons. The SMILES string of the molecule is Cc1ccc(CN2CCN(NC(=S)Nc3ccc(Cl)cc3)CC2)c(C)c1. The van der Waals surface area contributed by atoms with Crippen LogP contribution in [-0.2, 0) is 6.54 Å². The van der Waals surface area contributed by atoms with Gasteiger partial charge < -0.3 is 5.32 Å². The Kier molecular flexibility index (Phi) is 6.48. The lowest BCUT2D eigenvalue weighted by Gasteiger charge is -2.35. The molecule has 0 radical (unpaired) electrons. The molecule has 26 heavy (non-hydrogen) atoms. The molecule has 2 N–H and O–H groups in total. The standard InChI is InChI=1S/C20H25ClN4S/c1-15-3-4-17(16(2)13-15)14-24-9-11-25(12-10-24)23-20(26)22-19-7-5-18(21)6-8-19/h3-8,13H,9-12,14H2,1-2H3,(H2,22,23,26). The molecule has 0 unspecified atom stereocenters. The molecule has 2 aromatic rings. The Balaban J connectivity index is 1.44. The van der Waals surface area contributed by atoms with E-state index in [1.54, 1.807) is 0 Å². The zero-order valence-electron chi connectivity index (χ0n) is 15.3. The molecule has 0 atom stereocenters. The first-order chi connectivity index (χ1) is 12.5. The summed E-state index contributed by atoms with van der Waals surface area (Å²) in [6, 6.07) is 14.2. The molecule has 2 aromatic carbocycles. The van der Waals surface area contributed by atoms with Crippen molar-refractivity contribution in [2.24, 2.45) is 0 Å². The van der Waals surface area contributed by atoms with Gasteiger partial charge >= 0.3 is 0 Å².